The Labute approximate surface area is 124 Å². The van der Waals surface area contributed by atoms with Gasteiger partial charge in [-0.25, -0.2) is 9.97 Å². The molecule has 1 atom stereocenters. The van der Waals surface area contributed by atoms with Crippen molar-refractivity contribution in [2.75, 3.05) is 45.3 Å². The first-order valence-electron chi connectivity index (χ1n) is 7.12. The Morgan fingerprint density at radius 2 is 2.19 bits per heavy atom. The van der Waals surface area contributed by atoms with Gasteiger partial charge >= 0.3 is 0 Å². The zero-order valence-corrected chi connectivity index (χ0v) is 12.8. The van der Waals surface area contributed by atoms with Crippen molar-refractivity contribution in [3.63, 3.8) is 0 Å². The Bertz CT molecular complexity index is 481. The predicted molar refractivity (Wildman–Crippen MR) is 78.5 cm³/mol. The first-order valence-corrected chi connectivity index (χ1v) is 7.12. The molecule has 0 bridgehead atoms. The highest BCUT2D eigenvalue weighted by Crippen LogP contribution is 2.24. The van der Waals surface area contributed by atoms with Gasteiger partial charge in [0.25, 0.3) is 5.88 Å². The molecule has 2 rings (SSSR count). The van der Waals surface area contributed by atoms with Gasteiger partial charge in [0.1, 0.15) is 12.7 Å². The van der Waals surface area contributed by atoms with Crippen LogP contribution in [0.4, 0.5) is 5.82 Å². The minimum atomic E-state index is -0.0500. The quantitative estimate of drug-likeness (QED) is 0.763. The molecule has 21 heavy (non-hydrogen) atoms. The van der Waals surface area contributed by atoms with Crippen LogP contribution >= 0.6 is 0 Å². The van der Waals surface area contributed by atoms with E-state index in [0.29, 0.717) is 31.4 Å². The monoisotopic (exact) mass is 294 g/mol. The average Bonchev–Trinajstić information content (AvgIpc) is 2.93. The van der Waals surface area contributed by atoms with E-state index in [1.165, 1.54) is 0 Å². The van der Waals surface area contributed by atoms with Crippen LogP contribution in [0.25, 0.3) is 0 Å². The molecule has 1 aliphatic heterocycles. The summed E-state index contributed by atoms with van der Waals surface area (Å²) >= 11 is 0. The van der Waals surface area contributed by atoms with Gasteiger partial charge in [-0.15, -0.1) is 0 Å². The molecule has 0 spiro atoms. The van der Waals surface area contributed by atoms with E-state index in [-0.39, 0.29) is 18.6 Å². The standard InChI is InChI=1S/C14H22N4O3/c1-4-20-10-12(19)18-8-5-11(9-18)21-14-13(17(2)3)15-6-7-16-14/h6-7,11H,4-5,8-10H2,1-3H3. The molecule has 2 heterocycles. The summed E-state index contributed by atoms with van der Waals surface area (Å²) in [6.07, 6.45) is 3.98. The molecule has 0 aliphatic carbocycles. The van der Waals surface area contributed by atoms with Gasteiger partial charge in [-0.1, -0.05) is 0 Å². The third kappa shape index (κ3) is 4.04. The van der Waals surface area contributed by atoms with E-state index in [0.717, 1.165) is 6.42 Å². The third-order valence-electron chi connectivity index (χ3n) is 3.28. The van der Waals surface area contributed by atoms with E-state index in [2.05, 4.69) is 9.97 Å². The number of nitrogens with zero attached hydrogens (tertiary/aromatic N) is 4. The minimum absolute atomic E-state index is 0.00919. The van der Waals surface area contributed by atoms with Crippen molar-refractivity contribution < 1.29 is 14.3 Å². The topological polar surface area (TPSA) is 67.8 Å². The molecule has 1 amide bonds. The summed E-state index contributed by atoms with van der Waals surface area (Å²) in [6, 6.07) is 0. The molecule has 1 aromatic heterocycles. The summed E-state index contributed by atoms with van der Waals surface area (Å²) in [5, 5.41) is 0. The van der Waals surface area contributed by atoms with E-state index in [1.54, 1.807) is 17.3 Å². The van der Waals surface area contributed by atoms with Crippen LogP contribution in [0.1, 0.15) is 13.3 Å². The van der Waals surface area contributed by atoms with E-state index in [4.69, 9.17) is 9.47 Å². The van der Waals surface area contributed by atoms with Crippen LogP contribution < -0.4 is 9.64 Å². The first kappa shape index (κ1) is 15.5. The van der Waals surface area contributed by atoms with Crippen LogP contribution in [0.2, 0.25) is 0 Å². The van der Waals surface area contributed by atoms with Crippen LogP contribution in [0.5, 0.6) is 5.88 Å². The van der Waals surface area contributed by atoms with Gasteiger partial charge in [0.05, 0.1) is 6.54 Å². The van der Waals surface area contributed by atoms with Crippen molar-refractivity contribution in [2.24, 2.45) is 0 Å². The first-order chi connectivity index (χ1) is 10.1. The molecule has 1 saturated heterocycles. The van der Waals surface area contributed by atoms with Gasteiger partial charge in [-0.05, 0) is 6.92 Å². The fourth-order valence-electron chi connectivity index (χ4n) is 2.20. The maximum absolute atomic E-state index is 11.9. The molecule has 0 radical (unpaired) electrons. The number of anilines is 1. The van der Waals surface area contributed by atoms with E-state index in [9.17, 15) is 4.79 Å². The summed E-state index contributed by atoms with van der Waals surface area (Å²) in [7, 11) is 3.78. The summed E-state index contributed by atoms with van der Waals surface area (Å²) in [5.74, 6) is 1.21. The Kier molecular flexibility index (Phi) is 5.32. The number of rotatable bonds is 6. The number of hydrogen-bond acceptors (Lipinski definition) is 6. The van der Waals surface area contributed by atoms with Crippen LogP contribution in [0, 0.1) is 0 Å². The Morgan fingerprint density at radius 3 is 2.90 bits per heavy atom. The maximum atomic E-state index is 11.9. The molecule has 116 valence electrons. The van der Waals surface area contributed by atoms with Gasteiger partial charge in [0, 0.05) is 46.1 Å². The fourth-order valence-corrected chi connectivity index (χ4v) is 2.20. The maximum Gasteiger partial charge on any atom is 0.257 e. The lowest BCUT2D eigenvalue weighted by molar-refractivity contribution is -0.135. The van der Waals surface area contributed by atoms with Crippen LogP contribution in [-0.4, -0.2) is 67.3 Å². The molecule has 0 aromatic carbocycles. The third-order valence-corrected chi connectivity index (χ3v) is 3.28. The highest BCUT2D eigenvalue weighted by molar-refractivity contribution is 5.77. The number of ether oxygens (including phenoxy) is 2. The molecule has 1 aliphatic rings. The smallest absolute Gasteiger partial charge is 0.257 e. The second-order valence-corrected chi connectivity index (χ2v) is 5.08. The van der Waals surface area contributed by atoms with Crippen molar-refractivity contribution in [1.29, 1.82) is 0 Å². The van der Waals surface area contributed by atoms with Gasteiger partial charge < -0.3 is 19.3 Å². The molecular weight excluding hydrogens is 272 g/mol. The summed E-state index contributed by atoms with van der Waals surface area (Å²) in [5.41, 5.74) is 0. The van der Waals surface area contributed by atoms with Gasteiger partial charge in [0.2, 0.25) is 5.91 Å². The highest BCUT2D eigenvalue weighted by atomic mass is 16.5. The molecule has 7 heteroatoms. The molecule has 0 saturated carbocycles. The lowest BCUT2D eigenvalue weighted by Gasteiger charge is -2.19. The van der Waals surface area contributed by atoms with Crippen molar-refractivity contribution in [2.45, 2.75) is 19.4 Å². The zero-order chi connectivity index (χ0) is 15.2. The SMILES string of the molecule is CCOCC(=O)N1CCC(Oc2nccnc2N(C)C)C1. The number of carbonyl (C=O) groups excluding carboxylic acids is 1. The lowest BCUT2D eigenvalue weighted by atomic mass is 10.3. The van der Waals surface area contributed by atoms with Crippen molar-refractivity contribution >= 4 is 11.7 Å². The molecule has 1 aromatic rings. The number of carbonyl (C=O) groups is 1. The normalized spacial score (nSPS) is 17.9. The molecule has 1 fully saturated rings. The summed E-state index contributed by atoms with van der Waals surface area (Å²) in [6.45, 7) is 3.81. The summed E-state index contributed by atoms with van der Waals surface area (Å²) in [4.78, 5) is 24.0. The van der Waals surface area contributed by atoms with Crippen molar-refractivity contribution in [1.82, 2.24) is 14.9 Å². The number of hydrogen-bond donors (Lipinski definition) is 0. The second kappa shape index (κ2) is 7.21. The molecular formula is C14H22N4O3. The minimum Gasteiger partial charge on any atom is -0.470 e. The van der Waals surface area contributed by atoms with Gasteiger partial charge in [0.15, 0.2) is 5.82 Å². The molecule has 1 unspecified atom stereocenters. The van der Waals surface area contributed by atoms with Gasteiger partial charge in [-0.2, -0.15) is 0 Å². The Morgan fingerprint density at radius 1 is 1.43 bits per heavy atom. The van der Waals surface area contributed by atoms with Crippen LogP contribution in [0.3, 0.4) is 0 Å². The average molecular weight is 294 g/mol. The largest absolute Gasteiger partial charge is 0.470 e. The van der Waals surface area contributed by atoms with E-state index in [1.807, 2.05) is 25.9 Å². The Hall–Kier alpha value is -1.89. The van der Waals surface area contributed by atoms with Crippen LogP contribution in [-0.2, 0) is 9.53 Å². The zero-order valence-electron chi connectivity index (χ0n) is 12.8. The van der Waals surface area contributed by atoms with Crippen molar-refractivity contribution in [3.8, 4) is 5.88 Å². The fraction of sp³-hybridized carbons (Fsp3) is 0.643. The number of likely N-dealkylation sites (tertiary alicyclic amines) is 1. The van der Waals surface area contributed by atoms with Gasteiger partial charge in [-0.3, -0.25) is 4.79 Å². The molecule has 0 N–H and O–H groups in total. The van der Waals surface area contributed by atoms with Crippen molar-refractivity contribution in [3.05, 3.63) is 12.4 Å². The predicted octanol–water partition coefficient (Wildman–Crippen LogP) is 0.559. The Balaban J connectivity index is 1.92. The summed E-state index contributed by atoms with van der Waals surface area (Å²) < 4.78 is 11.1. The van der Waals surface area contributed by atoms with Crippen LogP contribution in [0.15, 0.2) is 12.4 Å². The number of amides is 1. The number of aromatic nitrogens is 2. The second-order valence-electron chi connectivity index (χ2n) is 5.08. The van der Waals surface area contributed by atoms with E-state index >= 15 is 0 Å². The van der Waals surface area contributed by atoms with E-state index < -0.39 is 0 Å². The molecule has 7 nitrogen and oxygen atoms in total. The lowest BCUT2D eigenvalue weighted by Crippen LogP contribution is -2.33. The highest BCUT2D eigenvalue weighted by Gasteiger charge is 2.28.